The zero-order chi connectivity index (χ0) is 20.3. The van der Waals surface area contributed by atoms with E-state index in [1.807, 2.05) is 0 Å². The number of rotatable bonds is 7. The summed E-state index contributed by atoms with van der Waals surface area (Å²) in [6.07, 6.45) is -7.19. The number of hydrogen-bond acceptors (Lipinski definition) is 4. The molecule has 0 fully saturated rings. The fourth-order valence-corrected chi connectivity index (χ4v) is 2.56. The highest BCUT2D eigenvalue weighted by atomic mass is 32.2. The first-order chi connectivity index (χ1) is 11.7. The maximum Gasteiger partial charge on any atom is 0.398 e. The van der Waals surface area contributed by atoms with Crippen molar-refractivity contribution < 1.29 is 44.5 Å². The van der Waals surface area contributed by atoms with Gasteiger partial charge in [-0.2, -0.15) is 30.4 Å². The maximum absolute atomic E-state index is 13.4. The molecule has 1 N–H and O–H groups in total. The molecule has 0 amide bonds. The number of carbonyl (C=O) groups excluding carboxylic acids is 1. The van der Waals surface area contributed by atoms with Crippen LogP contribution in [0.5, 0.6) is 0 Å². The molecule has 11 heteroatoms. The van der Waals surface area contributed by atoms with Gasteiger partial charge in [-0.3, -0.25) is 4.55 Å². The molecule has 0 radical (unpaired) electrons. The summed E-state index contributed by atoms with van der Waals surface area (Å²) >= 11 is 0. The number of hydrogen-bond donors (Lipinski definition) is 1. The van der Waals surface area contributed by atoms with Crippen LogP contribution in [0, 0.1) is 5.92 Å². The fraction of sp³-hybridized carbons (Fsp3) is 0.400. The minimum atomic E-state index is -6.30. The van der Waals surface area contributed by atoms with Gasteiger partial charge in [0.1, 0.15) is 5.92 Å². The summed E-state index contributed by atoms with van der Waals surface area (Å²) in [6, 6.07) is 5.62. The van der Waals surface area contributed by atoms with Gasteiger partial charge in [0.2, 0.25) is 0 Å². The summed E-state index contributed by atoms with van der Waals surface area (Å²) in [5, 5.41) is -5.47. The molecule has 0 saturated heterocycles. The summed E-state index contributed by atoms with van der Waals surface area (Å²) in [4.78, 5) is 11.7. The van der Waals surface area contributed by atoms with Crippen LogP contribution in [0.1, 0.15) is 29.3 Å². The standard InChI is InChI=1S/C15H15F5O5S/c1-9(2)10-3-5-11(6-4-10)13(21)25-8-7-12(14(16,17)18)15(19,20)26(22,23)24/h3-6,12H,1,7-8H2,2H3,(H,22,23,24). The summed E-state index contributed by atoms with van der Waals surface area (Å²) in [5.41, 5.74) is 1.36. The molecule has 1 aromatic carbocycles. The van der Waals surface area contributed by atoms with Gasteiger partial charge in [-0.05, 0) is 24.6 Å². The lowest BCUT2D eigenvalue weighted by Gasteiger charge is -2.26. The van der Waals surface area contributed by atoms with Gasteiger partial charge in [0.15, 0.2) is 0 Å². The predicted octanol–water partition coefficient (Wildman–Crippen LogP) is 3.93. The molecule has 0 aliphatic heterocycles. The van der Waals surface area contributed by atoms with E-state index in [9.17, 15) is 35.2 Å². The first-order valence-corrected chi connectivity index (χ1v) is 8.46. The van der Waals surface area contributed by atoms with Crippen LogP contribution in [0.25, 0.3) is 5.57 Å². The Bertz CT molecular complexity index is 769. The molecule has 0 aromatic heterocycles. The van der Waals surface area contributed by atoms with Crippen molar-refractivity contribution in [1.29, 1.82) is 0 Å². The lowest BCUT2D eigenvalue weighted by Crippen LogP contribution is -2.45. The maximum atomic E-state index is 13.4. The first-order valence-electron chi connectivity index (χ1n) is 7.02. The van der Waals surface area contributed by atoms with Crippen LogP contribution in [0.3, 0.4) is 0 Å². The lowest BCUT2D eigenvalue weighted by molar-refractivity contribution is -0.222. The molecule has 0 aliphatic carbocycles. The van der Waals surface area contributed by atoms with Gasteiger partial charge < -0.3 is 4.74 Å². The van der Waals surface area contributed by atoms with E-state index >= 15 is 0 Å². The lowest BCUT2D eigenvalue weighted by atomic mass is 10.1. The zero-order valence-corrected chi connectivity index (χ0v) is 14.2. The quantitative estimate of drug-likeness (QED) is 0.425. The van der Waals surface area contributed by atoms with Crippen molar-refractivity contribution in [2.24, 2.45) is 5.92 Å². The minimum absolute atomic E-state index is 0.0416. The van der Waals surface area contributed by atoms with Crippen molar-refractivity contribution in [3.8, 4) is 0 Å². The number of ether oxygens (including phenoxy) is 1. The van der Waals surface area contributed by atoms with E-state index in [0.717, 1.165) is 0 Å². The summed E-state index contributed by atoms with van der Waals surface area (Å²) in [5.74, 6) is -4.81. The van der Waals surface area contributed by atoms with E-state index in [4.69, 9.17) is 4.55 Å². The molecule has 1 aromatic rings. The van der Waals surface area contributed by atoms with Crippen LogP contribution in [-0.2, 0) is 14.9 Å². The van der Waals surface area contributed by atoms with Crippen LogP contribution in [0.2, 0.25) is 0 Å². The van der Waals surface area contributed by atoms with Gasteiger partial charge in [0, 0.05) is 6.42 Å². The monoisotopic (exact) mass is 402 g/mol. The summed E-state index contributed by atoms with van der Waals surface area (Å²) in [6.45, 7) is 4.25. The number of carbonyl (C=O) groups is 1. The molecule has 0 spiro atoms. The summed E-state index contributed by atoms with van der Waals surface area (Å²) < 4.78 is 98.7. The van der Waals surface area contributed by atoms with E-state index in [-0.39, 0.29) is 5.56 Å². The smallest absolute Gasteiger partial charge is 0.398 e. The molecule has 0 heterocycles. The van der Waals surface area contributed by atoms with E-state index in [1.165, 1.54) is 24.3 Å². The molecule has 5 nitrogen and oxygen atoms in total. The van der Waals surface area contributed by atoms with Crippen molar-refractivity contribution in [3.05, 3.63) is 42.0 Å². The molecule has 26 heavy (non-hydrogen) atoms. The van der Waals surface area contributed by atoms with Gasteiger partial charge in [0.25, 0.3) is 0 Å². The van der Waals surface area contributed by atoms with Gasteiger partial charge >= 0.3 is 27.5 Å². The Hall–Kier alpha value is -2.01. The Labute approximate surface area is 146 Å². The second-order valence-electron chi connectivity index (χ2n) is 5.41. The predicted molar refractivity (Wildman–Crippen MR) is 82.1 cm³/mol. The van der Waals surface area contributed by atoms with Gasteiger partial charge in [-0.1, -0.05) is 24.3 Å². The number of alkyl halides is 5. The molecule has 0 aliphatic rings. The van der Waals surface area contributed by atoms with Crippen LogP contribution >= 0.6 is 0 Å². The molecule has 146 valence electrons. The Morgan fingerprint density at radius 1 is 1.15 bits per heavy atom. The van der Waals surface area contributed by atoms with Gasteiger partial charge in [0.05, 0.1) is 12.2 Å². The summed E-state index contributed by atoms with van der Waals surface area (Å²) in [7, 11) is -6.30. The van der Waals surface area contributed by atoms with E-state index < -0.39 is 46.5 Å². The van der Waals surface area contributed by atoms with Gasteiger partial charge in [-0.15, -0.1) is 0 Å². The van der Waals surface area contributed by atoms with Crippen LogP contribution in [0.15, 0.2) is 30.8 Å². The molecule has 1 atom stereocenters. The highest BCUT2D eigenvalue weighted by Crippen LogP contribution is 2.43. The molecular formula is C15H15F5O5S. The zero-order valence-electron chi connectivity index (χ0n) is 13.4. The fourth-order valence-electron chi connectivity index (χ4n) is 1.95. The molecule has 0 bridgehead atoms. The second-order valence-corrected chi connectivity index (χ2v) is 6.91. The normalized spacial score (nSPS) is 14.0. The van der Waals surface area contributed by atoms with Gasteiger partial charge in [-0.25, -0.2) is 4.79 Å². The molecular weight excluding hydrogens is 387 g/mol. The van der Waals surface area contributed by atoms with Crippen LogP contribution in [0.4, 0.5) is 22.0 Å². The Morgan fingerprint density at radius 3 is 2.00 bits per heavy atom. The third-order valence-electron chi connectivity index (χ3n) is 3.40. The number of esters is 1. The largest absolute Gasteiger partial charge is 0.462 e. The van der Waals surface area contributed by atoms with Crippen molar-refractivity contribution >= 4 is 21.7 Å². The Morgan fingerprint density at radius 2 is 1.62 bits per heavy atom. The van der Waals surface area contributed by atoms with Crippen LogP contribution < -0.4 is 0 Å². The van der Waals surface area contributed by atoms with Crippen LogP contribution in [-0.4, -0.2) is 37.0 Å². The third-order valence-corrected chi connectivity index (χ3v) is 4.37. The van der Waals surface area contributed by atoms with E-state index in [1.54, 1.807) is 6.92 Å². The minimum Gasteiger partial charge on any atom is -0.462 e. The third kappa shape index (κ3) is 5.24. The average molecular weight is 402 g/mol. The highest BCUT2D eigenvalue weighted by molar-refractivity contribution is 7.86. The SMILES string of the molecule is C=C(C)c1ccc(C(=O)OCCC(C(F)(F)F)C(F)(F)S(=O)(=O)O)cc1. The Balaban J connectivity index is 2.82. The van der Waals surface area contributed by atoms with Crippen molar-refractivity contribution in [1.82, 2.24) is 0 Å². The van der Waals surface area contributed by atoms with Crippen molar-refractivity contribution in [2.45, 2.75) is 24.8 Å². The molecule has 0 saturated carbocycles. The topological polar surface area (TPSA) is 80.7 Å². The van der Waals surface area contributed by atoms with E-state index in [0.29, 0.717) is 11.1 Å². The number of allylic oxidation sites excluding steroid dienone is 1. The highest BCUT2D eigenvalue weighted by Gasteiger charge is 2.62. The number of halogens is 5. The van der Waals surface area contributed by atoms with Crippen molar-refractivity contribution in [3.63, 3.8) is 0 Å². The number of benzene rings is 1. The first kappa shape index (κ1) is 22.0. The second kappa shape index (κ2) is 7.70. The van der Waals surface area contributed by atoms with Crippen molar-refractivity contribution in [2.75, 3.05) is 6.61 Å². The molecule has 1 rings (SSSR count). The Kier molecular flexibility index (Phi) is 6.53. The average Bonchev–Trinajstić information content (AvgIpc) is 2.48. The molecule has 1 unspecified atom stereocenters. The van der Waals surface area contributed by atoms with E-state index in [2.05, 4.69) is 11.3 Å².